The van der Waals surface area contributed by atoms with Crippen molar-refractivity contribution < 1.29 is 26.4 Å². The van der Waals surface area contributed by atoms with Gasteiger partial charge in [-0.15, -0.1) is 0 Å². The summed E-state index contributed by atoms with van der Waals surface area (Å²) in [4.78, 5) is 12.9. The van der Waals surface area contributed by atoms with E-state index in [9.17, 15) is 21.6 Å². The molecule has 0 bridgehead atoms. The van der Waals surface area contributed by atoms with E-state index < -0.39 is 26.0 Å². The van der Waals surface area contributed by atoms with E-state index in [1.54, 1.807) is 12.1 Å². The zero-order valence-corrected chi connectivity index (χ0v) is 19.5. The maximum atomic E-state index is 12.9. The molecule has 1 atom stereocenters. The van der Waals surface area contributed by atoms with Crippen molar-refractivity contribution in [3.63, 3.8) is 0 Å². The molecule has 9 nitrogen and oxygen atoms in total. The fourth-order valence-corrected chi connectivity index (χ4v) is 5.79. The van der Waals surface area contributed by atoms with E-state index in [4.69, 9.17) is 4.74 Å². The highest BCUT2D eigenvalue weighted by molar-refractivity contribution is 7.92. The molecule has 0 saturated carbocycles. The number of fused-ring (bicyclic) bond motifs is 1. The average molecular weight is 468 g/mol. The molecule has 0 unspecified atom stereocenters. The Balaban J connectivity index is 1.94. The summed E-state index contributed by atoms with van der Waals surface area (Å²) < 4.78 is 56.7. The number of nitrogens with zero attached hydrogens (tertiary/aromatic N) is 2. The normalized spacial score (nSPS) is 16.3. The molecule has 11 heteroatoms. The molecule has 0 aromatic heterocycles. The highest BCUT2D eigenvalue weighted by Crippen LogP contribution is 2.35. The van der Waals surface area contributed by atoms with Gasteiger partial charge in [-0.25, -0.2) is 21.1 Å². The summed E-state index contributed by atoms with van der Waals surface area (Å²) in [6.45, 7) is 1.81. The van der Waals surface area contributed by atoms with Gasteiger partial charge in [0, 0.05) is 25.7 Å². The zero-order chi connectivity index (χ0) is 23.1. The number of hydrogen-bond acceptors (Lipinski definition) is 6. The van der Waals surface area contributed by atoms with Crippen LogP contribution >= 0.6 is 0 Å². The summed E-state index contributed by atoms with van der Waals surface area (Å²) in [7, 11) is -2.86. The molecule has 1 N–H and O–H groups in total. The number of nitrogens with one attached hydrogen (secondary N) is 1. The van der Waals surface area contributed by atoms with Crippen LogP contribution in [0.25, 0.3) is 0 Å². The quantitative estimate of drug-likeness (QED) is 0.694. The SMILES string of the molecule is COc1ccc(S(=O)(=O)N(C)C)cc1NC(=O)c1ccc2c(c1)C[C@H](C)N2S(C)(=O)=O. The van der Waals surface area contributed by atoms with Crippen LogP contribution in [0.1, 0.15) is 22.8 Å². The highest BCUT2D eigenvalue weighted by atomic mass is 32.2. The van der Waals surface area contributed by atoms with Crippen molar-refractivity contribution in [1.29, 1.82) is 0 Å². The molecule has 1 aliphatic rings. The fourth-order valence-electron chi connectivity index (χ4n) is 3.60. The Morgan fingerprint density at radius 1 is 1.13 bits per heavy atom. The third-order valence-corrected chi connectivity index (χ3v) is 8.13. The summed E-state index contributed by atoms with van der Waals surface area (Å²) >= 11 is 0. The average Bonchev–Trinajstić information content (AvgIpc) is 3.02. The van der Waals surface area contributed by atoms with Crippen LogP contribution in [0, 0.1) is 0 Å². The molecule has 2 aromatic rings. The topological polar surface area (TPSA) is 113 Å². The molecule has 0 spiro atoms. The Labute approximate surface area is 182 Å². The third kappa shape index (κ3) is 4.39. The number of amides is 1. The highest BCUT2D eigenvalue weighted by Gasteiger charge is 2.33. The van der Waals surface area contributed by atoms with Crippen molar-refractivity contribution in [3.05, 3.63) is 47.5 Å². The standard InChI is InChI=1S/C20H25N3O6S2/c1-13-10-15-11-14(6-8-18(15)23(13)30(5,25)26)20(24)21-17-12-16(7-9-19(17)29-4)31(27,28)22(2)3/h6-9,11-13H,10H2,1-5H3,(H,21,24)/t13-/m0/s1. The lowest BCUT2D eigenvalue weighted by molar-refractivity contribution is 0.102. The van der Waals surface area contributed by atoms with Gasteiger partial charge in [0.2, 0.25) is 20.0 Å². The van der Waals surface area contributed by atoms with Crippen LogP contribution in [0.15, 0.2) is 41.3 Å². The van der Waals surface area contributed by atoms with Gasteiger partial charge in [0.15, 0.2) is 0 Å². The van der Waals surface area contributed by atoms with E-state index in [-0.39, 0.29) is 16.6 Å². The van der Waals surface area contributed by atoms with Gasteiger partial charge in [-0.1, -0.05) is 0 Å². The second-order valence-corrected chi connectivity index (χ2v) is 11.6. The number of methoxy groups -OCH3 is 1. The Morgan fingerprint density at radius 2 is 1.81 bits per heavy atom. The third-order valence-electron chi connectivity index (χ3n) is 5.05. The van der Waals surface area contributed by atoms with Crippen molar-refractivity contribution in [2.24, 2.45) is 0 Å². The minimum atomic E-state index is -3.70. The van der Waals surface area contributed by atoms with Crippen LogP contribution in [0.2, 0.25) is 0 Å². The summed E-state index contributed by atoms with van der Waals surface area (Å²) in [6.07, 6.45) is 1.64. The monoisotopic (exact) mass is 467 g/mol. The Kier molecular flexibility index (Phi) is 6.05. The number of carbonyl (C=O) groups is 1. The van der Waals surface area contributed by atoms with Gasteiger partial charge in [0.1, 0.15) is 5.75 Å². The smallest absolute Gasteiger partial charge is 0.255 e. The van der Waals surface area contributed by atoms with Gasteiger partial charge in [-0.05, 0) is 55.3 Å². The largest absolute Gasteiger partial charge is 0.495 e. The molecule has 1 aliphatic heterocycles. The van der Waals surface area contributed by atoms with Gasteiger partial charge >= 0.3 is 0 Å². The summed E-state index contributed by atoms with van der Waals surface area (Å²) in [5, 5.41) is 2.69. The second-order valence-electron chi connectivity index (χ2n) is 7.56. The van der Waals surface area contributed by atoms with Crippen molar-refractivity contribution >= 4 is 37.3 Å². The van der Waals surface area contributed by atoms with Crippen LogP contribution < -0.4 is 14.4 Å². The number of carbonyl (C=O) groups excluding carboxylic acids is 1. The predicted octanol–water partition coefficient (Wildman–Crippen LogP) is 1.91. The van der Waals surface area contributed by atoms with Crippen molar-refractivity contribution in [1.82, 2.24) is 4.31 Å². The molecule has 0 radical (unpaired) electrons. The van der Waals surface area contributed by atoms with Gasteiger partial charge < -0.3 is 10.1 Å². The minimum Gasteiger partial charge on any atom is -0.495 e. The molecule has 168 valence electrons. The van der Waals surface area contributed by atoms with Crippen LogP contribution in [0.3, 0.4) is 0 Å². The van der Waals surface area contributed by atoms with Gasteiger partial charge in [0.25, 0.3) is 5.91 Å². The van der Waals surface area contributed by atoms with Crippen molar-refractivity contribution in [2.75, 3.05) is 37.1 Å². The Bertz CT molecular complexity index is 1240. The molecule has 0 fully saturated rings. The Morgan fingerprint density at radius 3 is 2.39 bits per heavy atom. The number of rotatable bonds is 6. The molecule has 0 saturated heterocycles. The predicted molar refractivity (Wildman–Crippen MR) is 119 cm³/mol. The van der Waals surface area contributed by atoms with Gasteiger partial charge in [-0.3, -0.25) is 9.10 Å². The van der Waals surface area contributed by atoms with E-state index in [0.717, 1.165) is 16.1 Å². The molecule has 2 aromatic carbocycles. The molecular formula is C20H25N3O6S2. The first-order valence-electron chi connectivity index (χ1n) is 9.40. The van der Waals surface area contributed by atoms with E-state index in [2.05, 4.69) is 5.32 Å². The first kappa shape index (κ1) is 23.0. The van der Waals surface area contributed by atoms with Crippen molar-refractivity contribution in [2.45, 2.75) is 24.3 Å². The second kappa shape index (κ2) is 8.13. The minimum absolute atomic E-state index is 0.0140. The van der Waals surface area contributed by atoms with Crippen LogP contribution in [-0.2, 0) is 26.5 Å². The summed E-state index contributed by atoms with van der Waals surface area (Å²) in [5.74, 6) is -0.157. The number of sulfonamides is 2. The Hall–Kier alpha value is -2.63. The lowest BCUT2D eigenvalue weighted by atomic mass is 10.1. The van der Waals surface area contributed by atoms with Crippen LogP contribution in [0.5, 0.6) is 5.75 Å². The number of hydrogen-bond donors (Lipinski definition) is 1. The lowest BCUT2D eigenvalue weighted by Crippen LogP contribution is -2.34. The molecule has 3 rings (SSSR count). The summed E-state index contributed by atoms with van der Waals surface area (Å²) in [6, 6.07) is 8.78. The van der Waals surface area contributed by atoms with E-state index in [1.165, 1.54) is 49.8 Å². The van der Waals surface area contributed by atoms with Gasteiger partial charge in [0.05, 0.1) is 29.6 Å². The first-order chi connectivity index (χ1) is 14.4. The molecule has 0 aliphatic carbocycles. The lowest BCUT2D eigenvalue weighted by Gasteiger charge is -2.22. The maximum absolute atomic E-state index is 12.9. The van der Waals surface area contributed by atoms with Crippen LogP contribution in [0.4, 0.5) is 11.4 Å². The number of anilines is 2. The van der Waals surface area contributed by atoms with E-state index >= 15 is 0 Å². The van der Waals surface area contributed by atoms with E-state index in [1.807, 2.05) is 6.92 Å². The molecule has 31 heavy (non-hydrogen) atoms. The molecular weight excluding hydrogens is 442 g/mol. The molecule has 1 amide bonds. The maximum Gasteiger partial charge on any atom is 0.255 e. The van der Waals surface area contributed by atoms with Crippen molar-refractivity contribution in [3.8, 4) is 5.75 Å². The zero-order valence-electron chi connectivity index (χ0n) is 17.9. The first-order valence-corrected chi connectivity index (χ1v) is 12.7. The van der Waals surface area contributed by atoms with Crippen LogP contribution in [-0.4, -0.2) is 60.6 Å². The van der Waals surface area contributed by atoms with E-state index in [0.29, 0.717) is 23.4 Å². The summed E-state index contributed by atoms with van der Waals surface area (Å²) in [5.41, 5.74) is 1.84. The van der Waals surface area contributed by atoms with Gasteiger partial charge in [-0.2, -0.15) is 0 Å². The fraction of sp³-hybridized carbons (Fsp3) is 0.350. The molecule has 1 heterocycles. The number of ether oxygens (including phenoxy) is 1. The number of benzene rings is 2.